The third kappa shape index (κ3) is 3.69. The van der Waals surface area contributed by atoms with Crippen LogP contribution in [0.25, 0.3) is 0 Å². The number of rotatable bonds is 3. The van der Waals surface area contributed by atoms with Gasteiger partial charge in [0.1, 0.15) is 6.17 Å². The lowest BCUT2D eigenvalue weighted by atomic mass is 10.1. The highest BCUT2D eigenvalue weighted by Crippen LogP contribution is 2.29. The summed E-state index contributed by atoms with van der Waals surface area (Å²) in [6, 6.07) is 3.98. The Hall–Kier alpha value is -1.63. The predicted octanol–water partition coefficient (Wildman–Crippen LogP) is 2.02. The summed E-state index contributed by atoms with van der Waals surface area (Å²) in [5.41, 5.74) is -0.175. The quantitative estimate of drug-likeness (QED) is 0.836. The first kappa shape index (κ1) is 14.8. The highest BCUT2D eigenvalue weighted by Gasteiger charge is 2.30. The molecule has 110 valence electrons. The Bertz CT molecular complexity index is 472. The fourth-order valence-corrected chi connectivity index (χ4v) is 2.02. The number of benzene rings is 1. The van der Waals surface area contributed by atoms with E-state index < -0.39 is 24.0 Å². The van der Waals surface area contributed by atoms with Crippen molar-refractivity contribution in [2.24, 2.45) is 0 Å². The fraction of sp³-hybridized carbons (Fsp3) is 0.462. The van der Waals surface area contributed by atoms with E-state index in [1.165, 1.54) is 12.1 Å². The van der Waals surface area contributed by atoms with Gasteiger partial charge in [-0.05, 0) is 17.7 Å². The van der Waals surface area contributed by atoms with Crippen LogP contribution in [0.4, 0.5) is 17.6 Å². The molecule has 0 aromatic heterocycles. The summed E-state index contributed by atoms with van der Waals surface area (Å²) < 4.78 is 50.0. The van der Waals surface area contributed by atoms with Crippen LogP contribution >= 0.6 is 0 Å². The van der Waals surface area contributed by atoms with Crippen molar-refractivity contribution in [3.05, 3.63) is 35.4 Å². The van der Waals surface area contributed by atoms with E-state index >= 15 is 0 Å². The molecule has 1 aliphatic heterocycles. The number of hydrogen-bond donors (Lipinski definition) is 2. The number of halogens is 4. The standard InChI is InChI=1S/C13H14F4N2O/c14-10-5-11(18-7-10)12(20)19-6-8-1-3-9(4-2-8)13(15,16)17/h1-4,10-11,18H,5-7H2,(H,19,20)/t10?,11-/m1/s1. The molecule has 0 radical (unpaired) electrons. The van der Waals surface area contributed by atoms with Gasteiger partial charge in [0.15, 0.2) is 0 Å². The monoisotopic (exact) mass is 290 g/mol. The van der Waals surface area contributed by atoms with Crippen LogP contribution in [0.15, 0.2) is 24.3 Å². The third-order valence-electron chi connectivity index (χ3n) is 3.14. The van der Waals surface area contributed by atoms with Crippen LogP contribution in [-0.2, 0) is 17.5 Å². The van der Waals surface area contributed by atoms with Crippen LogP contribution in [0.5, 0.6) is 0 Å². The zero-order valence-corrected chi connectivity index (χ0v) is 10.5. The first-order chi connectivity index (χ1) is 9.36. The van der Waals surface area contributed by atoms with E-state index in [9.17, 15) is 22.4 Å². The van der Waals surface area contributed by atoms with Crippen LogP contribution in [0.1, 0.15) is 17.5 Å². The Morgan fingerprint density at radius 2 is 1.95 bits per heavy atom. The van der Waals surface area contributed by atoms with E-state index in [4.69, 9.17) is 0 Å². The Labute approximate surface area is 113 Å². The first-order valence-electron chi connectivity index (χ1n) is 6.17. The van der Waals surface area contributed by atoms with Crippen molar-refractivity contribution in [1.82, 2.24) is 10.6 Å². The molecule has 1 aliphatic rings. The van der Waals surface area contributed by atoms with E-state index in [-0.39, 0.29) is 25.4 Å². The molecular weight excluding hydrogens is 276 g/mol. The molecule has 1 aromatic carbocycles. The Morgan fingerprint density at radius 3 is 2.45 bits per heavy atom. The predicted molar refractivity (Wildman–Crippen MR) is 64.6 cm³/mol. The Morgan fingerprint density at radius 1 is 1.30 bits per heavy atom. The molecule has 2 N–H and O–H groups in total. The van der Waals surface area contributed by atoms with Crippen molar-refractivity contribution in [1.29, 1.82) is 0 Å². The zero-order chi connectivity index (χ0) is 14.8. The molecule has 1 fully saturated rings. The maximum Gasteiger partial charge on any atom is 0.416 e. The molecule has 2 rings (SSSR count). The molecule has 1 amide bonds. The maximum atomic E-state index is 12.9. The smallest absolute Gasteiger partial charge is 0.351 e. The van der Waals surface area contributed by atoms with Crippen molar-refractivity contribution in [3.8, 4) is 0 Å². The molecule has 2 atom stereocenters. The van der Waals surface area contributed by atoms with Gasteiger partial charge >= 0.3 is 6.18 Å². The number of carbonyl (C=O) groups is 1. The van der Waals surface area contributed by atoms with Gasteiger partial charge in [0.2, 0.25) is 5.91 Å². The molecule has 3 nitrogen and oxygen atoms in total. The van der Waals surface area contributed by atoms with Crippen molar-refractivity contribution in [2.75, 3.05) is 6.54 Å². The highest BCUT2D eigenvalue weighted by molar-refractivity contribution is 5.82. The second-order valence-electron chi connectivity index (χ2n) is 4.71. The van der Waals surface area contributed by atoms with Crippen molar-refractivity contribution in [2.45, 2.75) is 31.4 Å². The summed E-state index contributed by atoms with van der Waals surface area (Å²) in [5.74, 6) is -0.343. The van der Waals surface area contributed by atoms with E-state index in [1.54, 1.807) is 0 Å². The highest BCUT2D eigenvalue weighted by atomic mass is 19.4. The van der Waals surface area contributed by atoms with Gasteiger partial charge in [0.25, 0.3) is 0 Å². The van der Waals surface area contributed by atoms with Crippen LogP contribution in [-0.4, -0.2) is 24.7 Å². The molecular formula is C13H14F4N2O. The summed E-state index contributed by atoms with van der Waals surface area (Å²) in [6.07, 6.45) is -5.28. The SMILES string of the molecule is O=C(NCc1ccc(C(F)(F)F)cc1)[C@H]1CC(F)CN1. The lowest BCUT2D eigenvalue weighted by Gasteiger charge is -2.11. The third-order valence-corrected chi connectivity index (χ3v) is 3.14. The summed E-state index contributed by atoms with van der Waals surface area (Å²) in [6.45, 7) is 0.268. The lowest BCUT2D eigenvalue weighted by Crippen LogP contribution is -2.40. The minimum atomic E-state index is -4.37. The summed E-state index contributed by atoms with van der Waals surface area (Å²) >= 11 is 0. The minimum absolute atomic E-state index is 0.117. The summed E-state index contributed by atoms with van der Waals surface area (Å²) in [7, 11) is 0. The van der Waals surface area contributed by atoms with Gasteiger partial charge in [-0.2, -0.15) is 13.2 Å². The van der Waals surface area contributed by atoms with Gasteiger partial charge in [-0.25, -0.2) is 4.39 Å². The number of hydrogen-bond acceptors (Lipinski definition) is 2. The second-order valence-corrected chi connectivity index (χ2v) is 4.71. The molecule has 0 bridgehead atoms. The number of nitrogens with one attached hydrogen (secondary N) is 2. The van der Waals surface area contributed by atoms with E-state index in [0.717, 1.165) is 12.1 Å². The van der Waals surface area contributed by atoms with Crippen LogP contribution < -0.4 is 10.6 Å². The van der Waals surface area contributed by atoms with Crippen molar-refractivity contribution in [3.63, 3.8) is 0 Å². The molecule has 1 aromatic rings. The summed E-state index contributed by atoms with van der Waals surface area (Å²) in [5, 5.41) is 5.31. The maximum absolute atomic E-state index is 12.9. The molecule has 1 heterocycles. The Kier molecular flexibility index (Phi) is 4.27. The first-order valence-corrected chi connectivity index (χ1v) is 6.17. The molecule has 0 saturated carbocycles. The molecule has 0 aliphatic carbocycles. The average molecular weight is 290 g/mol. The lowest BCUT2D eigenvalue weighted by molar-refractivity contribution is -0.137. The number of alkyl halides is 4. The Balaban J connectivity index is 1.86. The molecule has 20 heavy (non-hydrogen) atoms. The van der Waals surface area contributed by atoms with E-state index in [1.807, 2.05) is 0 Å². The topological polar surface area (TPSA) is 41.1 Å². The van der Waals surface area contributed by atoms with E-state index in [2.05, 4.69) is 10.6 Å². The van der Waals surface area contributed by atoms with E-state index in [0.29, 0.717) is 5.56 Å². The van der Waals surface area contributed by atoms with Crippen molar-refractivity contribution < 1.29 is 22.4 Å². The van der Waals surface area contributed by atoms with Crippen LogP contribution in [0.2, 0.25) is 0 Å². The van der Waals surface area contributed by atoms with Gasteiger partial charge in [-0.15, -0.1) is 0 Å². The molecule has 0 spiro atoms. The fourth-order valence-electron chi connectivity index (χ4n) is 2.02. The van der Waals surface area contributed by atoms with Gasteiger partial charge < -0.3 is 10.6 Å². The molecule has 1 saturated heterocycles. The molecule has 7 heteroatoms. The number of carbonyl (C=O) groups excluding carboxylic acids is 1. The van der Waals surface area contributed by atoms with Crippen LogP contribution in [0.3, 0.4) is 0 Å². The largest absolute Gasteiger partial charge is 0.416 e. The minimum Gasteiger partial charge on any atom is -0.351 e. The normalized spacial score (nSPS) is 22.8. The second kappa shape index (κ2) is 5.78. The number of amides is 1. The molecule has 1 unspecified atom stereocenters. The average Bonchev–Trinajstić information content (AvgIpc) is 2.82. The van der Waals surface area contributed by atoms with Gasteiger partial charge in [-0.1, -0.05) is 12.1 Å². The van der Waals surface area contributed by atoms with Gasteiger partial charge in [-0.3, -0.25) is 4.79 Å². The van der Waals surface area contributed by atoms with Crippen LogP contribution in [0, 0.1) is 0 Å². The van der Waals surface area contributed by atoms with Gasteiger partial charge in [0.05, 0.1) is 11.6 Å². The van der Waals surface area contributed by atoms with Gasteiger partial charge in [0, 0.05) is 19.5 Å². The summed E-state index contributed by atoms with van der Waals surface area (Å²) in [4.78, 5) is 11.7. The zero-order valence-electron chi connectivity index (χ0n) is 10.5. The van der Waals surface area contributed by atoms with Crippen molar-refractivity contribution >= 4 is 5.91 Å².